The number of nitrogens with zero attached hydrogens (tertiary/aromatic N) is 4. The quantitative estimate of drug-likeness (QED) is 0.0267. The average Bonchev–Trinajstić information content (AvgIpc) is 3.29. The molecule has 20 atom stereocenters. The fourth-order valence-corrected chi connectivity index (χ4v) is 8.65. The Morgan fingerprint density at radius 2 is 0.731 bits per heavy atom. The summed E-state index contributed by atoms with van der Waals surface area (Å²) < 4.78 is 98.7. The molecule has 34 heteroatoms. The normalized spacial score (nSPS) is 34.3. The van der Waals surface area contributed by atoms with Crippen LogP contribution in [-0.2, 0) is 133 Å². The van der Waals surface area contributed by atoms with E-state index < -0.39 is 201 Å². The molecule has 4 saturated heterocycles. The van der Waals surface area contributed by atoms with Gasteiger partial charge in [-0.25, -0.2) is 0 Å². The minimum Gasteiger partial charge on any atom is -0.463 e. The monoisotopic (exact) mass is 1120 g/mol. The van der Waals surface area contributed by atoms with E-state index in [9.17, 15) is 63.6 Å². The van der Waals surface area contributed by atoms with Crippen LogP contribution in [0.5, 0.6) is 0 Å². The van der Waals surface area contributed by atoms with Crippen molar-refractivity contribution in [2.75, 3.05) is 13.2 Å². The van der Waals surface area contributed by atoms with Gasteiger partial charge < -0.3 is 80.5 Å². The van der Waals surface area contributed by atoms with Gasteiger partial charge in [-0.2, -0.15) is 0 Å². The summed E-state index contributed by atoms with van der Waals surface area (Å²) in [5, 5.41) is 14.3. The molecule has 0 bridgehead atoms. The molecule has 4 aliphatic heterocycles. The highest BCUT2D eigenvalue weighted by Crippen LogP contribution is 2.40. The van der Waals surface area contributed by atoms with E-state index in [-0.39, 0.29) is 0 Å². The predicted octanol–water partition coefficient (Wildman–Crippen LogP) is -0.452. The molecule has 0 amide bonds. The van der Waals surface area contributed by atoms with Crippen molar-refractivity contribution in [1.29, 1.82) is 0 Å². The van der Waals surface area contributed by atoms with Crippen molar-refractivity contribution in [2.24, 2.45) is 5.11 Å². The first-order valence-corrected chi connectivity index (χ1v) is 23.6. The summed E-state index contributed by atoms with van der Waals surface area (Å²) in [6.45, 7) is 10.4. The number of hydrogen-bond acceptors (Lipinski definition) is 31. The molecule has 0 aromatic rings. The summed E-state index contributed by atoms with van der Waals surface area (Å²) in [6.07, 6.45) is -35.8. The Balaban J connectivity index is 2.07. The van der Waals surface area contributed by atoms with Gasteiger partial charge in [0.05, 0.1) is 12.2 Å². The third-order valence-electron chi connectivity index (χ3n) is 11.2. The molecule has 0 aromatic heterocycles. The van der Waals surface area contributed by atoms with E-state index >= 15 is 0 Å². The first-order chi connectivity index (χ1) is 36.5. The van der Waals surface area contributed by atoms with E-state index in [2.05, 4.69) is 10.0 Å². The third-order valence-corrected chi connectivity index (χ3v) is 11.2. The molecule has 34 nitrogen and oxygen atoms in total. The minimum absolute atomic E-state index is 0.833. The van der Waals surface area contributed by atoms with Crippen molar-refractivity contribution in [3.05, 3.63) is 20.6 Å². The maximum absolute atomic E-state index is 13.1. The molecule has 78 heavy (non-hydrogen) atoms. The molecule has 436 valence electrons. The zero-order valence-electron chi connectivity index (χ0n) is 44.0. The summed E-state index contributed by atoms with van der Waals surface area (Å²) in [6, 6.07) is -2.16. The van der Waals surface area contributed by atoms with Crippen LogP contribution < -0.4 is 0 Å². The second-order valence-electron chi connectivity index (χ2n) is 17.5. The van der Waals surface area contributed by atoms with Gasteiger partial charge in [-0.1, -0.05) is 5.11 Å². The Morgan fingerprint density at radius 1 is 0.423 bits per heavy atom. The lowest BCUT2D eigenvalue weighted by Crippen LogP contribution is -2.69. The average molecular weight is 1120 g/mol. The van der Waals surface area contributed by atoms with Crippen molar-refractivity contribution in [3.63, 3.8) is 0 Å². The molecular weight excluding hydrogens is 1060 g/mol. The highest BCUT2D eigenvalue weighted by atomic mass is 17.0. The van der Waals surface area contributed by atoms with Crippen molar-refractivity contribution in [1.82, 2.24) is 0 Å². The lowest BCUT2D eigenvalue weighted by Gasteiger charge is -2.51. The molecule has 0 spiro atoms. The van der Waals surface area contributed by atoms with Crippen molar-refractivity contribution in [3.8, 4) is 0 Å². The number of carbonyl (C=O) groups excluding carboxylic acids is 10. The van der Waals surface area contributed by atoms with Crippen LogP contribution in [-0.4, -0.2) is 201 Å². The van der Waals surface area contributed by atoms with E-state index in [1.165, 1.54) is 13.8 Å². The molecule has 4 rings (SSSR count). The van der Waals surface area contributed by atoms with Crippen LogP contribution in [0.1, 0.15) is 83.1 Å². The second-order valence-corrected chi connectivity index (χ2v) is 17.5. The van der Waals surface area contributed by atoms with Crippen molar-refractivity contribution in [2.45, 2.75) is 206 Å². The zero-order valence-corrected chi connectivity index (χ0v) is 44.0. The molecule has 4 fully saturated rings. The molecule has 0 saturated carbocycles. The van der Waals surface area contributed by atoms with Gasteiger partial charge in [0.1, 0.15) is 43.7 Å². The topological polar surface area (TPSA) is 429 Å². The largest absolute Gasteiger partial charge is 0.463 e. The van der Waals surface area contributed by atoms with E-state index in [0.29, 0.717) is 0 Å². The number of esters is 10. The Labute approximate surface area is 442 Å². The smallest absolute Gasteiger partial charge is 0.303 e. The highest BCUT2D eigenvalue weighted by Gasteiger charge is 2.61. The lowest BCUT2D eigenvalue weighted by molar-refractivity contribution is -0.783. The van der Waals surface area contributed by atoms with Gasteiger partial charge in [-0.15, -0.1) is 10.1 Å². The number of hydrogen-bond donors (Lipinski definition) is 0. The molecule has 8 unspecified atom stereocenters. The van der Waals surface area contributed by atoms with Crippen LogP contribution in [0.15, 0.2) is 5.11 Å². The minimum atomic E-state index is -2.32. The maximum atomic E-state index is 13.1. The van der Waals surface area contributed by atoms with E-state index in [1.807, 2.05) is 0 Å². The van der Waals surface area contributed by atoms with Crippen molar-refractivity contribution >= 4 is 59.7 Å². The standard InChI is InChI=1S/C44H60N4O30/c1-15-30(65-19(5)51)35(68-22(8)54)38(71-25(11)57)42(63-15)76-34-29(46-47-45)41(78-48(59)60)73-27(13-61-17(3)49)32(34)75-44-40(37(70-24(10)56)33(67-21(7)53)28(74-44)14-62-18(4)50)77-43-39(72-26(12)58)36(69-23(9)55)31(16(2)64-43)66-20(6)52/h15-16,27-44H,13-14H2,1-12H3/t15?,16?,27?,28?,29?,30-,31+,32-,33+,34-,35?,36+,37+,38-,39?,40?,41+,42+,43+,44+/m1/s1. The summed E-state index contributed by atoms with van der Waals surface area (Å²) in [4.78, 5) is 146. The second kappa shape index (κ2) is 28.5. The number of ether oxygens (including phenoxy) is 17. The number of rotatable bonds is 21. The van der Waals surface area contributed by atoms with Gasteiger partial charge in [0.2, 0.25) is 6.29 Å². The van der Waals surface area contributed by atoms with Gasteiger partial charge in [0.15, 0.2) is 73.8 Å². The molecular formula is C44H60N4O30. The molecule has 0 aliphatic carbocycles. The van der Waals surface area contributed by atoms with Gasteiger partial charge in [-0.05, 0) is 19.4 Å². The fraction of sp³-hybridized carbons (Fsp3) is 0.773. The van der Waals surface area contributed by atoms with Gasteiger partial charge >= 0.3 is 59.7 Å². The Morgan fingerprint density at radius 3 is 1.10 bits per heavy atom. The lowest BCUT2D eigenvalue weighted by atomic mass is 9.94. The van der Waals surface area contributed by atoms with Crippen LogP contribution in [0.3, 0.4) is 0 Å². The summed E-state index contributed by atoms with van der Waals surface area (Å²) in [5.74, 6) is -10.0. The number of azide groups is 1. The molecule has 4 aliphatic rings. The van der Waals surface area contributed by atoms with E-state index in [0.717, 1.165) is 69.2 Å². The molecule has 0 radical (unpaired) electrons. The Bertz CT molecular complexity index is 2280. The Kier molecular flexibility index (Phi) is 23.2. The van der Waals surface area contributed by atoms with Crippen molar-refractivity contribution < 1.29 is 138 Å². The van der Waals surface area contributed by atoms with Crippen LogP contribution in [0.4, 0.5) is 0 Å². The Hall–Kier alpha value is -7.07. The molecule has 0 N–H and O–H groups in total. The fourth-order valence-electron chi connectivity index (χ4n) is 8.65. The summed E-state index contributed by atoms with van der Waals surface area (Å²) >= 11 is 0. The number of carbonyl (C=O) groups is 10. The summed E-state index contributed by atoms with van der Waals surface area (Å²) in [5.41, 5.74) is 9.97. The van der Waals surface area contributed by atoms with Crippen LogP contribution in [0.2, 0.25) is 0 Å². The first kappa shape index (κ1) is 63.5. The highest BCUT2D eigenvalue weighted by molar-refractivity contribution is 5.70. The summed E-state index contributed by atoms with van der Waals surface area (Å²) in [7, 11) is 0. The van der Waals surface area contributed by atoms with E-state index in [1.54, 1.807) is 0 Å². The van der Waals surface area contributed by atoms with Gasteiger partial charge in [0, 0.05) is 74.1 Å². The van der Waals surface area contributed by atoms with Gasteiger partial charge in [-0.3, -0.25) is 52.8 Å². The SMILES string of the molecule is CC(=O)OCC1O[C@@H](O[N+](=O)[O-])C(N=[N+]=[N-])[C@@H](O[C@@H]2OC(C)[C@@H](OC(C)=O)C(OC(C)=O)[C@H]2OC(C)=O)[C@@H]1O[C@@H]1OC(COC(C)=O)[C@H](OC(C)=O)[C@H](OC(C)=O)C1O[C@@H]1OC(C)[C@H](OC(C)=O)[C@H](OC(C)=O)C1OC(C)=O. The maximum Gasteiger partial charge on any atom is 0.303 e. The zero-order chi connectivity index (χ0) is 58.5. The predicted molar refractivity (Wildman–Crippen MR) is 239 cm³/mol. The van der Waals surface area contributed by atoms with E-state index in [4.69, 9.17) is 85.4 Å². The van der Waals surface area contributed by atoms with Crippen LogP contribution in [0, 0.1) is 10.1 Å². The third kappa shape index (κ3) is 17.7. The van der Waals surface area contributed by atoms with Crippen LogP contribution in [0.25, 0.3) is 10.4 Å². The van der Waals surface area contributed by atoms with Crippen LogP contribution >= 0.6 is 0 Å². The molecule has 0 aromatic carbocycles. The molecule has 4 heterocycles. The first-order valence-electron chi connectivity index (χ1n) is 23.6. The van der Waals surface area contributed by atoms with Gasteiger partial charge in [0.25, 0.3) is 5.09 Å².